The highest BCUT2D eigenvalue weighted by molar-refractivity contribution is 9.10. The van der Waals surface area contributed by atoms with Crippen molar-refractivity contribution in [2.45, 2.75) is 0 Å². The normalized spacial score (nSPS) is 8.41. The minimum absolute atomic E-state index is 0.118. The van der Waals surface area contributed by atoms with Gasteiger partial charge in [-0.25, -0.2) is 4.39 Å². The van der Waals surface area contributed by atoms with E-state index in [9.17, 15) is 4.39 Å². The number of hydrogen-bond acceptors (Lipinski definition) is 5. The van der Waals surface area contributed by atoms with Crippen LogP contribution in [0.25, 0.3) is 0 Å². The van der Waals surface area contributed by atoms with Crippen LogP contribution >= 0.6 is 15.9 Å². The predicted molar refractivity (Wildman–Crippen MR) is 61.1 cm³/mol. The molecule has 0 heterocycles. The Bertz CT molecular complexity index is 587. The quantitative estimate of drug-likeness (QED) is 0.668. The number of benzene rings is 1. The van der Waals surface area contributed by atoms with Gasteiger partial charge >= 0.3 is 0 Å². The van der Waals surface area contributed by atoms with Crippen LogP contribution in [-0.4, -0.2) is 5.71 Å². The maximum Gasteiger partial charge on any atom is 0.237 e. The molecule has 0 aromatic heterocycles. The van der Waals surface area contributed by atoms with E-state index in [0.29, 0.717) is 4.47 Å². The number of nitrogens with zero attached hydrogens (tertiary/aromatic N) is 4. The Morgan fingerprint density at radius 1 is 1.29 bits per heavy atom. The minimum atomic E-state index is -0.719. The van der Waals surface area contributed by atoms with E-state index in [1.807, 2.05) is 0 Å². The smallest absolute Gasteiger partial charge is 0.237 e. The summed E-state index contributed by atoms with van der Waals surface area (Å²) in [6.45, 7) is 0. The van der Waals surface area contributed by atoms with Crippen LogP contribution in [0.15, 0.2) is 21.7 Å². The van der Waals surface area contributed by atoms with E-state index in [2.05, 4.69) is 26.5 Å². The molecule has 7 heteroatoms. The fourth-order valence-electron chi connectivity index (χ4n) is 0.909. The second-order valence-corrected chi connectivity index (χ2v) is 3.57. The summed E-state index contributed by atoms with van der Waals surface area (Å²) in [4.78, 5) is 0. The molecule has 0 spiro atoms. The Labute approximate surface area is 105 Å². The standard InChI is InChI=1S/C10H3BrFN5/c11-8-1-6(3-13)9(12)2-10(8)17-16-7(4-14)5-15/h1-2,17H. The summed E-state index contributed by atoms with van der Waals surface area (Å²) in [7, 11) is 0. The number of anilines is 1. The fourth-order valence-corrected chi connectivity index (χ4v) is 1.34. The summed E-state index contributed by atoms with van der Waals surface area (Å²) in [6, 6.07) is 7.07. The molecule has 0 atom stereocenters. The molecule has 0 aliphatic rings. The van der Waals surface area contributed by atoms with Crippen molar-refractivity contribution in [2.24, 2.45) is 5.10 Å². The molecule has 0 saturated carbocycles. The van der Waals surface area contributed by atoms with Gasteiger partial charge in [0.05, 0.1) is 11.3 Å². The van der Waals surface area contributed by atoms with Crippen LogP contribution < -0.4 is 5.43 Å². The molecule has 17 heavy (non-hydrogen) atoms. The SMILES string of the molecule is N#CC(C#N)=NNc1cc(F)c(C#N)cc1Br. The highest BCUT2D eigenvalue weighted by Gasteiger charge is 2.07. The van der Waals surface area contributed by atoms with Crippen LogP contribution in [0.3, 0.4) is 0 Å². The number of nitrogens with one attached hydrogen (secondary N) is 1. The molecule has 1 aromatic carbocycles. The summed E-state index contributed by atoms with van der Waals surface area (Å²) < 4.78 is 13.7. The zero-order chi connectivity index (χ0) is 12.8. The lowest BCUT2D eigenvalue weighted by atomic mass is 10.2. The predicted octanol–water partition coefficient (Wildman–Crippen LogP) is 2.27. The van der Waals surface area contributed by atoms with Gasteiger partial charge in [0.25, 0.3) is 0 Å². The summed E-state index contributed by atoms with van der Waals surface area (Å²) >= 11 is 3.10. The van der Waals surface area contributed by atoms with Crippen molar-refractivity contribution in [1.82, 2.24) is 0 Å². The largest absolute Gasteiger partial charge is 0.275 e. The molecule has 5 nitrogen and oxygen atoms in total. The van der Waals surface area contributed by atoms with E-state index in [-0.39, 0.29) is 17.0 Å². The Balaban J connectivity index is 3.08. The molecule has 0 amide bonds. The highest BCUT2D eigenvalue weighted by Crippen LogP contribution is 2.25. The van der Waals surface area contributed by atoms with Gasteiger partial charge in [0.2, 0.25) is 5.71 Å². The van der Waals surface area contributed by atoms with E-state index >= 15 is 0 Å². The van der Waals surface area contributed by atoms with E-state index < -0.39 is 5.82 Å². The van der Waals surface area contributed by atoms with Crippen molar-refractivity contribution >= 4 is 27.3 Å². The van der Waals surface area contributed by atoms with Crippen molar-refractivity contribution in [3.8, 4) is 18.2 Å². The van der Waals surface area contributed by atoms with E-state index in [4.69, 9.17) is 15.8 Å². The van der Waals surface area contributed by atoms with Crippen LogP contribution in [0.5, 0.6) is 0 Å². The number of hydrogen-bond donors (Lipinski definition) is 1. The maximum atomic E-state index is 13.3. The van der Waals surface area contributed by atoms with Crippen LogP contribution in [0.4, 0.5) is 10.1 Å². The van der Waals surface area contributed by atoms with Gasteiger partial charge in [-0.05, 0) is 22.0 Å². The lowest BCUT2D eigenvalue weighted by molar-refractivity contribution is 0.624. The van der Waals surface area contributed by atoms with Crippen molar-refractivity contribution in [1.29, 1.82) is 15.8 Å². The second kappa shape index (κ2) is 5.60. The lowest BCUT2D eigenvalue weighted by Gasteiger charge is -2.04. The monoisotopic (exact) mass is 291 g/mol. The molecule has 0 unspecified atom stereocenters. The Kier molecular flexibility index (Phi) is 4.16. The van der Waals surface area contributed by atoms with Crippen molar-refractivity contribution in [3.05, 3.63) is 28.0 Å². The Morgan fingerprint density at radius 3 is 2.47 bits per heavy atom. The van der Waals surface area contributed by atoms with Gasteiger partial charge in [-0.2, -0.15) is 20.9 Å². The zero-order valence-corrected chi connectivity index (χ0v) is 9.79. The van der Waals surface area contributed by atoms with Crippen LogP contribution in [-0.2, 0) is 0 Å². The van der Waals surface area contributed by atoms with Gasteiger partial charge < -0.3 is 0 Å². The third-order valence-electron chi connectivity index (χ3n) is 1.68. The molecule has 0 bridgehead atoms. The minimum Gasteiger partial charge on any atom is -0.275 e. The maximum absolute atomic E-state index is 13.3. The average molecular weight is 292 g/mol. The van der Waals surface area contributed by atoms with Gasteiger partial charge in [-0.3, -0.25) is 5.43 Å². The molecule has 0 saturated heterocycles. The van der Waals surface area contributed by atoms with Gasteiger partial charge in [0.15, 0.2) is 0 Å². The first-order valence-electron chi connectivity index (χ1n) is 4.15. The van der Waals surface area contributed by atoms with E-state index in [0.717, 1.165) is 6.07 Å². The summed E-state index contributed by atoms with van der Waals surface area (Å²) in [5.41, 5.74) is 2.06. The lowest BCUT2D eigenvalue weighted by Crippen LogP contribution is -1.98. The fraction of sp³-hybridized carbons (Fsp3) is 0. The first-order chi connectivity index (χ1) is 8.12. The first-order valence-corrected chi connectivity index (χ1v) is 4.94. The molecular weight excluding hydrogens is 289 g/mol. The zero-order valence-electron chi connectivity index (χ0n) is 8.20. The third-order valence-corrected chi connectivity index (χ3v) is 2.33. The molecule has 1 aromatic rings. The van der Waals surface area contributed by atoms with Gasteiger partial charge in [-0.1, -0.05) is 0 Å². The Hall–Kier alpha value is -2.43. The Morgan fingerprint density at radius 2 is 1.94 bits per heavy atom. The summed E-state index contributed by atoms with van der Waals surface area (Å²) in [5, 5.41) is 28.9. The van der Waals surface area contributed by atoms with Crippen molar-refractivity contribution in [2.75, 3.05) is 5.43 Å². The second-order valence-electron chi connectivity index (χ2n) is 2.72. The van der Waals surface area contributed by atoms with Gasteiger partial charge in [0, 0.05) is 10.5 Å². The molecule has 1 N–H and O–H groups in total. The number of rotatable bonds is 2. The van der Waals surface area contributed by atoms with Gasteiger partial charge in [0.1, 0.15) is 24.0 Å². The third kappa shape index (κ3) is 3.01. The van der Waals surface area contributed by atoms with Crippen LogP contribution in [0, 0.1) is 39.8 Å². The number of halogens is 2. The van der Waals surface area contributed by atoms with Crippen LogP contribution in [0.1, 0.15) is 5.56 Å². The summed E-state index contributed by atoms with van der Waals surface area (Å²) in [6.07, 6.45) is 0. The van der Waals surface area contributed by atoms with E-state index in [1.165, 1.54) is 6.07 Å². The molecule has 1 rings (SSSR count). The average Bonchev–Trinajstić information content (AvgIpc) is 2.34. The molecule has 82 valence electrons. The van der Waals surface area contributed by atoms with E-state index in [1.54, 1.807) is 18.2 Å². The molecule has 0 aliphatic carbocycles. The summed E-state index contributed by atoms with van der Waals surface area (Å²) in [5.74, 6) is -0.719. The molecule has 0 fully saturated rings. The van der Waals surface area contributed by atoms with Crippen LogP contribution in [0.2, 0.25) is 0 Å². The molecular formula is C10H3BrFN5. The first kappa shape index (κ1) is 12.6. The molecule has 0 aliphatic heterocycles. The highest BCUT2D eigenvalue weighted by atomic mass is 79.9. The number of hydrazone groups is 1. The number of nitriles is 3. The topological polar surface area (TPSA) is 95.8 Å². The van der Waals surface area contributed by atoms with Gasteiger partial charge in [-0.15, -0.1) is 0 Å². The van der Waals surface area contributed by atoms with Crippen molar-refractivity contribution in [3.63, 3.8) is 0 Å². The van der Waals surface area contributed by atoms with Crippen molar-refractivity contribution < 1.29 is 4.39 Å². The molecule has 0 radical (unpaired) electrons.